The van der Waals surface area contributed by atoms with Crippen molar-refractivity contribution in [3.63, 3.8) is 0 Å². The first-order chi connectivity index (χ1) is 9.51. The van der Waals surface area contributed by atoms with Gasteiger partial charge in [-0.05, 0) is 18.2 Å². The van der Waals surface area contributed by atoms with Gasteiger partial charge in [0, 0.05) is 22.7 Å². The van der Waals surface area contributed by atoms with Gasteiger partial charge in [-0.25, -0.2) is 4.79 Å². The van der Waals surface area contributed by atoms with Crippen molar-refractivity contribution < 1.29 is 24.5 Å². The van der Waals surface area contributed by atoms with Gasteiger partial charge in [0.1, 0.15) is 11.5 Å². The Morgan fingerprint density at radius 2 is 2.00 bits per heavy atom. The second-order valence-corrected chi connectivity index (χ2v) is 5.09. The minimum atomic E-state index is -0.451. The molecule has 0 aliphatic carbocycles. The number of phenols is 2. The second kappa shape index (κ2) is 5.75. The molecule has 1 heterocycles. The molecular formula is C14H12O5S. The van der Waals surface area contributed by atoms with Gasteiger partial charge in [-0.2, -0.15) is 0 Å². The van der Waals surface area contributed by atoms with Gasteiger partial charge in [0.2, 0.25) is 0 Å². The smallest absolute Gasteiger partial charge is 0.338 e. The number of rotatable bonds is 4. The molecule has 0 bridgehead atoms. The molecule has 0 saturated carbocycles. The molecule has 1 aromatic carbocycles. The molecule has 0 aliphatic heterocycles. The minimum absolute atomic E-state index is 0.0694. The van der Waals surface area contributed by atoms with Gasteiger partial charge in [0.25, 0.3) is 0 Å². The van der Waals surface area contributed by atoms with E-state index in [2.05, 4.69) is 4.74 Å². The number of carbonyl (C=O) groups is 2. The van der Waals surface area contributed by atoms with E-state index < -0.39 is 5.97 Å². The van der Waals surface area contributed by atoms with Gasteiger partial charge in [-0.15, -0.1) is 11.3 Å². The van der Waals surface area contributed by atoms with E-state index in [9.17, 15) is 19.8 Å². The molecular weight excluding hydrogens is 280 g/mol. The van der Waals surface area contributed by atoms with Gasteiger partial charge in [-0.1, -0.05) is 0 Å². The molecule has 5 nitrogen and oxygen atoms in total. The van der Waals surface area contributed by atoms with Crippen LogP contribution in [0.3, 0.4) is 0 Å². The summed E-state index contributed by atoms with van der Waals surface area (Å²) in [7, 11) is 1.29. The molecule has 20 heavy (non-hydrogen) atoms. The molecule has 0 fully saturated rings. The van der Waals surface area contributed by atoms with Crippen molar-refractivity contribution in [2.24, 2.45) is 0 Å². The summed E-state index contributed by atoms with van der Waals surface area (Å²) >= 11 is 1.27. The van der Waals surface area contributed by atoms with Crippen molar-refractivity contribution in [2.45, 2.75) is 6.42 Å². The molecule has 2 N–H and O–H groups in total. The number of carbonyl (C=O) groups excluding carboxylic acids is 2. The maximum Gasteiger partial charge on any atom is 0.338 e. The van der Waals surface area contributed by atoms with Crippen LogP contribution in [-0.2, 0) is 11.2 Å². The first-order valence-electron chi connectivity index (χ1n) is 5.72. The van der Waals surface area contributed by atoms with Crippen LogP contribution in [0.1, 0.15) is 25.6 Å². The molecule has 2 rings (SSSR count). The lowest BCUT2D eigenvalue weighted by Gasteiger charge is -2.03. The number of aromatic hydroxyl groups is 2. The number of hydrogen-bond acceptors (Lipinski definition) is 6. The summed E-state index contributed by atoms with van der Waals surface area (Å²) in [5.41, 5.74) is 0.533. The Kier molecular flexibility index (Phi) is 4.05. The highest BCUT2D eigenvalue weighted by atomic mass is 32.1. The largest absolute Gasteiger partial charge is 0.508 e. The maximum absolute atomic E-state index is 12.0. The molecule has 6 heteroatoms. The Morgan fingerprint density at radius 3 is 2.65 bits per heavy atom. The predicted molar refractivity (Wildman–Crippen MR) is 73.5 cm³/mol. The highest BCUT2D eigenvalue weighted by molar-refractivity contribution is 7.10. The van der Waals surface area contributed by atoms with Crippen LogP contribution in [0, 0.1) is 0 Å². The van der Waals surface area contributed by atoms with Crippen LogP contribution < -0.4 is 0 Å². The maximum atomic E-state index is 12.0. The molecule has 0 atom stereocenters. The first-order valence-corrected chi connectivity index (χ1v) is 6.60. The Labute approximate surface area is 119 Å². The molecule has 0 spiro atoms. The van der Waals surface area contributed by atoms with E-state index in [4.69, 9.17) is 0 Å². The highest BCUT2D eigenvalue weighted by Gasteiger charge is 2.15. The Balaban J connectivity index is 2.15. The number of ketones is 1. The van der Waals surface area contributed by atoms with E-state index in [0.29, 0.717) is 10.4 Å². The van der Waals surface area contributed by atoms with E-state index in [-0.39, 0.29) is 29.3 Å². The van der Waals surface area contributed by atoms with E-state index in [1.165, 1.54) is 30.6 Å². The summed E-state index contributed by atoms with van der Waals surface area (Å²) in [5.74, 6) is -1.11. The quantitative estimate of drug-likeness (QED) is 0.667. The lowest BCUT2D eigenvalue weighted by atomic mass is 10.1. The minimum Gasteiger partial charge on any atom is -0.508 e. The molecule has 1 aromatic heterocycles. The molecule has 0 amide bonds. The Bertz CT molecular complexity index is 659. The zero-order valence-corrected chi connectivity index (χ0v) is 11.4. The SMILES string of the molecule is COC(=O)c1csc(CC(=O)c2ccc(O)cc2O)c1. The summed E-state index contributed by atoms with van der Waals surface area (Å²) in [4.78, 5) is 24.0. The third kappa shape index (κ3) is 2.97. The van der Waals surface area contributed by atoms with Crippen LogP contribution in [0.4, 0.5) is 0 Å². The molecule has 0 radical (unpaired) electrons. The number of esters is 1. The molecule has 0 aliphatic rings. The fourth-order valence-corrected chi connectivity index (χ4v) is 2.56. The Morgan fingerprint density at radius 1 is 1.25 bits per heavy atom. The number of hydrogen-bond donors (Lipinski definition) is 2. The highest BCUT2D eigenvalue weighted by Crippen LogP contribution is 2.25. The first kappa shape index (κ1) is 14.1. The van der Waals surface area contributed by atoms with Crippen molar-refractivity contribution >= 4 is 23.1 Å². The summed E-state index contributed by atoms with van der Waals surface area (Å²) in [6.45, 7) is 0. The predicted octanol–water partition coefficient (Wildman–Crippen LogP) is 2.37. The summed E-state index contributed by atoms with van der Waals surface area (Å²) in [5, 5.41) is 20.4. The summed E-state index contributed by atoms with van der Waals surface area (Å²) in [6, 6.07) is 5.40. The fourth-order valence-electron chi connectivity index (χ4n) is 1.71. The lowest BCUT2D eigenvalue weighted by molar-refractivity contribution is 0.0601. The molecule has 0 saturated heterocycles. The van der Waals surface area contributed by atoms with Crippen LogP contribution in [0.5, 0.6) is 11.5 Å². The number of methoxy groups -OCH3 is 1. The van der Waals surface area contributed by atoms with Crippen LogP contribution in [0.15, 0.2) is 29.6 Å². The van der Waals surface area contributed by atoms with Gasteiger partial charge in [-0.3, -0.25) is 4.79 Å². The third-order valence-electron chi connectivity index (χ3n) is 2.69. The van der Waals surface area contributed by atoms with Crippen molar-refractivity contribution in [3.05, 3.63) is 45.6 Å². The van der Waals surface area contributed by atoms with E-state index in [1.807, 2.05) is 0 Å². The van der Waals surface area contributed by atoms with Crippen LogP contribution in [-0.4, -0.2) is 29.1 Å². The number of ether oxygens (including phenoxy) is 1. The van der Waals surface area contributed by atoms with Crippen LogP contribution in [0.25, 0.3) is 0 Å². The summed E-state index contributed by atoms with van der Waals surface area (Å²) in [6.07, 6.45) is 0.0694. The van der Waals surface area contributed by atoms with E-state index >= 15 is 0 Å². The van der Waals surface area contributed by atoms with E-state index in [1.54, 1.807) is 11.4 Å². The van der Waals surface area contributed by atoms with Crippen molar-refractivity contribution in [2.75, 3.05) is 7.11 Å². The van der Waals surface area contributed by atoms with Crippen LogP contribution in [0.2, 0.25) is 0 Å². The zero-order chi connectivity index (χ0) is 14.7. The van der Waals surface area contributed by atoms with E-state index in [0.717, 1.165) is 6.07 Å². The monoisotopic (exact) mass is 292 g/mol. The Hall–Kier alpha value is -2.34. The standard InChI is InChI=1S/C14H12O5S/c1-19-14(18)8-4-10(20-7-8)6-13(17)11-3-2-9(15)5-12(11)16/h2-5,7,15-16H,6H2,1H3. The fraction of sp³-hybridized carbons (Fsp3) is 0.143. The normalized spacial score (nSPS) is 10.2. The van der Waals surface area contributed by atoms with Crippen molar-refractivity contribution in [3.8, 4) is 11.5 Å². The average molecular weight is 292 g/mol. The number of phenolic OH excluding ortho intramolecular Hbond substituents is 2. The van der Waals surface area contributed by atoms with Gasteiger partial charge >= 0.3 is 5.97 Å². The number of Topliss-reactive ketones (excluding diaryl/α,β-unsaturated/α-hetero) is 1. The zero-order valence-electron chi connectivity index (χ0n) is 10.6. The van der Waals surface area contributed by atoms with Crippen molar-refractivity contribution in [1.29, 1.82) is 0 Å². The molecule has 0 unspecified atom stereocenters. The van der Waals surface area contributed by atoms with Crippen molar-refractivity contribution in [1.82, 2.24) is 0 Å². The lowest BCUT2D eigenvalue weighted by Crippen LogP contribution is -2.03. The van der Waals surface area contributed by atoms with Gasteiger partial charge in [0.15, 0.2) is 5.78 Å². The number of thiophene rings is 1. The average Bonchev–Trinajstić information content (AvgIpc) is 2.86. The topological polar surface area (TPSA) is 83.8 Å². The number of benzene rings is 1. The third-order valence-corrected chi connectivity index (χ3v) is 3.63. The molecule has 2 aromatic rings. The van der Waals surface area contributed by atoms with Gasteiger partial charge in [0.05, 0.1) is 18.2 Å². The van der Waals surface area contributed by atoms with Gasteiger partial charge < -0.3 is 14.9 Å². The second-order valence-electron chi connectivity index (χ2n) is 4.09. The molecule has 104 valence electrons. The van der Waals surface area contributed by atoms with Crippen LogP contribution >= 0.6 is 11.3 Å². The summed E-state index contributed by atoms with van der Waals surface area (Å²) < 4.78 is 4.59.